The molecule has 0 aliphatic rings. The summed E-state index contributed by atoms with van der Waals surface area (Å²) < 4.78 is 11.2. The lowest BCUT2D eigenvalue weighted by Gasteiger charge is -2.04. The van der Waals surface area contributed by atoms with Gasteiger partial charge in [-0.05, 0) is 28.9 Å². The molecule has 3 nitrogen and oxygen atoms in total. The second kappa shape index (κ2) is 5.94. The van der Waals surface area contributed by atoms with Gasteiger partial charge in [0, 0.05) is 12.7 Å². The number of rotatable bonds is 5. The minimum atomic E-state index is 0.539. The van der Waals surface area contributed by atoms with Crippen molar-refractivity contribution in [2.24, 2.45) is 0 Å². The summed E-state index contributed by atoms with van der Waals surface area (Å²) in [6, 6.07) is 5.55. The molecule has 1 rings (SSSR count). The van der Waals surface area contributed by atoms with E-state index in [1.807, 2.05) is 25.1 Å². The second-order valence-corrected chi connectivity index (χ2v) is 3.16. The molecule has 0 saturated heterocycles. The number of ether oxygens (including phenoxy) is 2. The normalized spacial score (nSPS) is 10.0. The SMILES string of the molecule is CCOCCOc1cccc(Br)n1. The molecule has 1 aromatic rings. The maximum absolute atomic E-state index is 5.32. The van der Waals surface area contributed by atoms with Gasteiger partial charge < -0.3 is 9.47 Å². The molecule has 1 aromatic heterocycles. The number of halogens is 1. The lowest BCUT2D eigenvalue weighted by atomic mass is 10.5. The van der Waals surface area contributed by atoms with Crippen LogP contribution in [-0.4, -0.2) is 24.8 Å². The Hall–Kier alpha value is -0.610. The molecule has 0 bridgehead atoms. The summed E-state index contributed by atoms with van der Waals surface area (Å²) in [5.74, 6) is 0.620. The first-order chi connectivity index (χ1) is 6.33. The Morgan fingerprint density at radius 1 is 1.38 bits per heavy atom. The van der Waals surface area contributed by atoms with Crippen molar-refractivity contribution in [3.63, 3.8) is 0 Å². The third kappa shape index (κ3) is 4.24. The van der Waals surface area contributed by atoms with Gasteiger partial charge in [-0.25, -0.2) is 4.98 Å². The molecule has 0 amide bonds. The van der Waals surface area contributed by atoms with Crippen molar-refractivity contribution < 1.29 is 9.47 Å². The molecule has 0 unspecified atom stereocenters. The first kappa shape index (κ1) is 10.5. The van der Waals surface area contributed by atoms with Crippen molar-refractivity contribution in [3.05, 3.63) is 22.8 Å². The van der Waals surface area contributed by atoms with Gasteiger partial charge in [-0.15, -0.1) is 0 Å². The molecular formula is C9H12BrNO2. The third-order valence-electron chi connectivity index (χ3n) is 1.37. The lowest BCUT2D eigenvalue weighted by Crippen LogP contribution is -2.07. The fraction of sp³-hybridized carbons (Fsp3) is 0.444. The van der Waals surface area contributed by atoms with Gasteiger partial charge in [0.05, 0.1) is 6.61 Å². The minimum Gasteiger partial charge on any atom is -0.475 e. The molecule has 72 valence electrons. The maximum atomic E-state index is 5.32. The highest BCUT2D eigenvalue weighted by Gasteiger charge is 1.95. The van der Waals surface area contributed by atoms with Crippen LogP contribution in [-0.2, 0) is 4.74 Å². The van der Waals surface area contributed by atoms with E-state index < -0.39 is 0 Å². The summed E-state index contributed by atoms with van der Waals surface area (Å²) in [6.07, 6.45) is 0. The van der Waals surface area contributed by atoms with E-state index in [1.54, 1.807) is 0 Å². The fourth-order valence-electron chi connectivity index (χ4n) is 0.820. The molecule has 0 N–H and O–H groups in total. The van der Waals surface area contributed by atoms with E-state index in [0.717, 1.165) is 11.2 Å². The van der Waals surface area contributed by atoms with E-state index in [-0.39, 0.29) is 0 Å². The van der Waals surface area contributed by atoms with Gasteiger partial charge >= 0.3 is 0 Å². The Bertz CT molecular complexity index is 255. The van der Waals surface area contributed by atoms with Crippen molar-refractivity contribution in [1.82, 2.24) is 4.98 Å². The molecule has 0 fully saturated rings. The van der Waals surface area contributed by atoms with E-state index in [1.165, 1.54) is 0 Å². The van der Waals surface area contributed by atoms with Crippen LogP contribution in [0.3, 0.4) is 0 Å². The van der Waals surface area contributed by atoms with E-state index in [4.69, 9.17) is 9.47 Å². The highest BCUT2D eigenvalue weighted by atomic mass is 79.9. The average Bonchev–Trinajstić information content (AvgIpc) is 2.13. The molecule has 13 heavy (non-hydrogen) atoms. The van der Waals surface area contributed by atoms with Crippen LogP contribution in [0, 0.1) is 0 Å². The summed E-state index contributed by atoms with van der Waals surface area (Å²) in [4.78, 5) is 4.11. The first-order valence-corrected chi connectivity index (χ1v) is 4.95. The fourth-order valence-corrected chi connectivity index (χ4v) is 1.15. The smallest absolute Gasteiger partial charge is 0.214 e. The summed E-state index contributed by atoms with van der Waals surface area (Å²) in [6.45, 7) is 3.81. The average molecular weight is 246 g/mol. The third-order valence-corrected chi connectivity index (χ3v) is 1.81. The Kier molecular flexibility index (Phi) is 4.78. The van der Waals surface area contributed by atoms with Crippen LogP contribution < -0.4 is 4.74 Å². The van der Waals surface area contributed by atoms with Crippen LogP contribution in [0.1, 0.15) is 6.92 Å². The molecule has 4 heteroatoms. The largest absolute Gasteiger partial charge is 0.475 e. The van der Waals surface area contributed by atoms with Crippen molar-refractivity contribution in [2.45, 2.75) is 6.92 Å². The van der Waals surface area contributed by atoms with Gasteiger partial charge in [0.2, 0.25) is 5.88 Å². The van der Waals surface area contributed by atoms with E-state index in [0.29, 0.717) is 19.1 Å². The molecule has 0 atom stereocenters. The quantitative estimate of drug-likeness (QED) is 0.589. The van der Waals surface area contributed by atoms with Crippen molar-refractivity contribution >= 4 is 15.9 Å². The van der Waals surface area contributed by atoms with Crippen LogP contribution in [0.5, 0.6) is 5.88 Å². The van der Waals surface area contributed by atoms with Gasteiger partial charge in [0.15, 0.2) is 0 Å². The molecule has 0 radical (unpaired) electrons. The summed E-state index contributed by atoms with van der Waals surface area (Å²) in [5.41, 5.74) is 0. The van der Waals surface area contributed by atoms with Crippen LogP contribution in [0.25, 0.3) is 0 Å². The lowest BCUT2D eigenvalue weighted by molar-refractivity contribution is 0.108. The molecule has 1 heterocycles. The van der Waals surface area contributed by atoms with E-state index in [2.05, 4.69) is 20.9 Å². The van der Waals surface area contributed by atoms with Gasteiger partial charge in [0.25, 0.3) is 0 Å². The van der Waals surface area contributed by atoms with E-state index >= 15 is 0 Å². The molecule has 0 aliphatic carbocycles. The minimum absolute atomic E-state index is 0.539. The van der Waals surface area contributed by atoms with Crippen LogP contribution in [0.2, 0.25) is 0 Å². The number of hydrogen-bond acceptors (Lipinski definition) is 3. The zero-order chi connectivity index (χ0) is 9.52. The topological polar surface area (TPSA) is 31.4 Å². The first-order valence-electron chi connectivity index (χ1n) is 4.16. The number of nitrogens with zero attached hydrogens (tertiary/aromatic N) is 1. The van der Waals surface area contributed by atoms with Crippen LogP contribution >= 0.6 is 15.9 Å². The molecule has 0 spiro atoms. The zero-order valence-corrected chi connectivity index (χ0v) is 9.08. The predicted octanol–water partition coefficient (Wildman–Crippen LogP) is 2.26. The van der Waals surface area contributed by atoms with E-state index in [9.17, 15) is 0 Å². The van der Waals surface area contributed by atoms with Gasteiger partial charge in [-0.1, -0.05) is 6.07 Å². The summed E-state index contributed by atoms with van der Waals surface area (Å²) in [7, 11) is 0. The molecular weight excluding hydrogens is 234 g/mol. The van der Waals surface area contributed by atoms with Crippen LogP contribution in [0.4, 0.5) is 0 Å². The van der Waals surface area contributed by atoms with Crippen molar-refractivity contribution in [2.75, 3.05) is 19.8 Å². The van der Waals surface area contributed by atoms with Crippen LogP contribution in [0.15, 0.2) is 22.8 Å². The van der Waals surface area contributed by atoms with Gasteiger partial charge in [0.1, 0.15) is 11.2 Å². The highest BCUT2D eigenvalue weighted by Crippen LogP contribution is 2.11. The standard InChI is InChI=1S/C9H12BrNO2/c1-2-12-6-7-13-9-5-3-4-8(10)11-9/h3-5H,2,6-7H2,1H3. The number of hydrogen-bond donors (Lipinski definition) is 0. The molecule has 0 saturated carbocycles. The maximum Gasteiger partial charge on any atom is 0.214 e. The Labute approximate surface area is 86.2 Å². The zero-order valence-electron chi connectivity index (χ0n) is 7.50. The Morgan fingerprint density at radius 3 is 2.92 bits per heavy atom. The summed E-state index contributed by atoms with van der Waals surface area (Å²) in [5, 5.41) is 0. The number of pyridine rings is 1. The number of aromatic nitrogens is 1. The summed E-state index contributed by atoms with van der Waals surface area (Å²) >= 11 is 3.26. The Morgan fingerprint density at radius 2 is 2.23 bits per heavy atom. The molecule has 0 aromatic carbocycles. The Balaban J connectivity index is 2.28. The molecule has 0 aliphatic heterocycles. The highest BCUT2D eigenvalue weighted by molar-refractivity contribution is 9.10. The van der Waals surface area contributed by atoms with Gasteiger partial charge in [-0.2, -0.15) is 0 Å². The van der Waals surface area contributed by atoms with Gasteiger partial charge in [-0.3, -0.25) is 0 Å². The predicted molar refractivity (Wildman–Crippen MR) is 53.9 cm³/mol. The second-order valence-electron chi connectivity index (χ2n) is 2.34. The van der Waals surface area contributed by atoms with Crippen molar-refractivity contribution in [1.29, 1.82) is 0 Å². The monoisotopic (exact) mass is 245 g/mol. The van der Waals surface area contributed by atoms with Crippen molar-refractivity contribution in [3.8, 4) is 5.88 Å².